The van der Waals surface area contributed by atoms with Crippen LogP contribution in [-0.2, 0) is 0 Å². The van der Waals surface area contributed by atoms with E-state index in [1.54, 1.807) is 30.3 Å². The number of halogens is 1. The topological polar surface area (TPSA) is 74.8 Å². The third-order valence-electron chi connectivity index (χ3n) is 2.54. The number of rotatable bonds is 4. The van der Waals surface area contributed by atoms with E-state index in [9.17, 15) is 9.59 Å². The maximum Gasteiger partial charge on any atom is 0.346 e. The quantitative estimate of drug-likeness (QED) is 0.846. The zero-order chi connectivity index (χ0) is 14.5. The zero-order valence-electron chi connectivity index (χ0n) is 10.5. The van der Waals surface area contributed by atoms with Crippen molar-refractivity contribution in [3.05, 3.63) is 64.2 Å². The van der Waals surface area contributed by atoms with Crippen molar-refractivity contribution in [1.29, 1.82) is 0 Å². The molecule has 0 saturated heterocycles. The average Bonchev–Trinajstić information content (AvgIpc) is 2.44. The standard InChI is InChI=1S/C14H12ClN3O2/c1-2-7-16-13(19)12-8-11(17-14(20)18-12)9-3-5-10(15)6-4-9/h2-6,8H,1,7H2,(H,16,19)(H,17,18,20). The SMILES string of the molecule is C=CCNC(=O)c1cc(-c2ccc(Cl)cc2)nc(=O)[nH]1. The first-order chi connectivity index (χ1) is 9.60. The largest absolute Gasteiger partial charge is 0.347 e. The number of hydrogen-bond acceptors (Lipinski definition) is 3. The number of nitrogens with zero attached hydrogens (tertiary/aromatic N) is 1. The Hall–Kier alpha value is -2.40. The van der Waals surface area contributed by atoms with Gasteiger partial charge in [0, 0.05) is 17.1 Å². The molecule has 20 heavy (non-hydrogen) atoms. The highest BCUT2D eigenvalue weighted by Crippen LogP contribution is 2.18. The van der Waals surface area contributed by atoms with Gasteiger partial charge in [0.1, 0.15) is 5.69 Å². The fourth-order valence-corrected chi connectivity index (χ4v) is 1.73. The number of nitrogens with one attached hydrogen (secondary N) is 2. The van der Waals surface area contributed by atoms with Gasteiger partial charge in [0.25, 0.3) is 5.91 Å². The second-order valence-corrected chi connectivity index (χ2v) is 4.43. The smallest absolute Gasteiger partial charge is 0.346 e. The number of carbonyl (C=O) groups is 1. The summed E-state index contributed by atoms with van der Waals surface area (Å²) in [5.74, 6) is -0.389. The van der Waals surface area contributed by atoms with Crippen molar-refractivity contribution < 1.29 is 4.79 Å². The number of carbonyl (C=O) groups excluding carboxylic acids is 1. The summed E-state index contributed by atoms with van der Waals surface area (Å²) in [6.07, 6.45) is 1.55. The first kappa shape index (κ1) is 14.0. The summed E-state index contributed by atoms with van der Waals surface area (Å²) in [4.78, 5) is 29.6. The number of H-pyrrole nitrogens is 1. The normalized spacial score (nSPS) is 10.1. The summed E-state index contributed by atoms with van der Waals surface area (Å²) in [6, 6.07) is 8.36. The van der Waals surface area contributed by atoms with Crippen LogP contribution in [0.15, 0.2) is 47.8 Å². The van der Waals surface area contributed by atoms with Crippen LogP contribution in [0, 0.1) is 0 Å². The second-order valence-electron chi connectivity index (χ2n) is 3.99. The van der Waals surface area contributed by atoms with Gasteiger partial charge in [-0.25, -0.2) is 4.79 Å². The highest BCUT2D eigenvalue weighted by molar-refractivity contribution is 6.30. The van der Waals surface area contributed by atoms with Gasteiger partial charge < -0.3 is 10.3 Å². The molecule has 0 atom stereocenters. The zero-order valence-corrected chi connectivity index (χ0v) is 11.3. The summed E-state index contributed by atoms with van der Waals surface area (Å²) in [6.45, 7) is 3.82. The minimum Gasteiger partial charge on any atom is -0.347 e. The highest BCUT2D eigenvalue weighted by atomic mass is 35.5. The van der Waals surface area contributed by atoms with Crippen molar-refractivity contribution in [2.45, 2.75) is 0 Å². The van der Waals surface area contributed by atoms with Crippen molar-refractivity contribution in [2.24, 2.45) is 0 Å². The van der Waals surface area contributed by atoms with E-state index >= 15 is 0 Å². The molecule has 0 bridgehead atoms. The molecular weight excluding hydrogens is 278 g/mol. The molecule has 5 nitrogen and oxygen atoms in total. The van der Waals surface area contributed by atoms with Gasteiger partial charge >= 0.3 is 5.69 Å². The molecule has 2 N–H and O–H groups in total. The Balaban J connectivity index is 2.38. The Bertz CT molecular complexity index is 692. The van der Waals surface area contributed by atoms with Crippen LogP contribution in [0.2, 0.25) is 5.02 Å². The van der Waals surface area contributed by atoms with Gasteiger partial charge in [0.05, 0.1) is 5.69 Å². The predicted molar refractivity (Wildman–Crippen MR) is 77.8 cm³/mol. The van der Waals surface area contributed by atoms with Gasteiger partial charge in [-0.15, -0.1) is 6.58 Å². The van der Waals surface area contributed by atoms with Gasteiger partial charge in [0.2, 0.25) is 0 Å². The molecular formula is C14H12ClN3O2. The molecule has 0 aliphatic heterocycles. The number of benzene rings is 1. The summed E-state index contributed by atoms with van der Waals surface area (Å²) < 4.78 is 0. The van der Waals surface area contributed by atoms with E-state index < -0.39 is 5.69 Å². The highest BCUT2D eigenvalue weighted by Gasteiger charge is 2.09. The van der Waals surface area contributed by atoms with Crippen LogP contribution < -0.4 is 11.0 Å². The maximum absolute atomic E-state index is 11.8. The predicted octanol–water partition coefficient (Wildman–Crippen LogP) is 2.01. The van der Waals surface area contributed by atoms with E-state index in [0.29, 0.717) is 22.8 Å². The number of amides is 1. The van der Waals surface area contributed by atoms with E-state index in [2.05, 4.69) is 21.9 Å². The van der Waals surface area contributed by atoms with Crippen LogP contribution in [0.1, 0.15) is 10.5 Å². The summed E-state index contributed by atoms with van der Waals surface area (Å²) in [7, 11) is 0. The van der Waals surface area contributed by atoms with E-state index in [4.69, 9.17) is 11.6 Å². The van der Waals surface area contributed by atoms with Crippen LogP contribution in [0.4, 0.5) is 0 Å². The van der Waals surface area contributed by atoms with Crippen molar-refractivity contribution in [3.63, 3.8) is 0 Å². The molecule has 0 saturated carbocycles. The molecule has 102 valence electrons. The molecule has 1 heterocycles. The maximum atomic E-state index is 11.8. The van der Waals surface area contributed by atoms with Gasteiger partial charge in [-0.1, -0.05) is 29.8 Å². The molecule has 0 aliphatic carbocycles. The molecule has 0 spiro atoms. The molecule has 6 heteroatoms. The molecule has 1 aromatic heterocycles. The molecule has 0 unspecified atom stereocenters. The molecule has 1 aromatic carbocycles. The molecule has 1 amide bonds. The van der Waals surface area contributed by atoms with Gasteiger partial charge in [-0.3, -0.25) is 4.79 Å². The third kappa shape index (κ3) is 3.33. The lowest BCUT2D eigenvalue weighted by Crippen LogP contribution is -2.27. The first-order valence-corrected chi connectivity index (χ1v) is 6.24. The van der Waals surface area contributed by atoms with E-state index in [-0.39, 0.29) is 11.6 Å². The van der Waals surface area contributed by atoms with Crippen LogP contribution in [0.3, 0.4) is 0 Å². The third-order valence-corrected chi connectivity index (χ3v) is 2.79. The molecule has 2 rings (SSSR count). The monoisotopic (exact) mass is 289 g/mol. The Kier molecular flexibility index (Phi) is 4.32. The first-order valence-electron chi connectivity index (χ1n) is 5.86. The molecule has 2 aromatic rings. The van der Waals surface area contributed by atoms with E-state index in [1.165, 1.54) is 6.07 Å². The minimum atomic E-state index is -0.582. The van der Waals surface area contributed by atoms with E-state index in [1.807, 2.05) is 0 Å². The van der Waals surface area contributed by atoms with Crippen LogP contribution in [0.5, 0.6) is 0 Å². The molecule has 0 radical (unpaired) electrons. The Morgan fingerprint density at radius 3 is 2.75 bits per heavy atom. The summed E-state index contributed by atoms with van der Waals surface area (Å²) in [5, 5.41) is 3.17. The fraction of sp³-hybridized carbons (Fsp3) is 0.0714. The Morgan fingerprint density at radius 1 is 1.40 bits per heavy atom. The number of aromatic nitrogens is 2. The minimum absolute atomic E-state index is 0.150. The summed E-state index contributed by atoms with van der Waals surface area (Å²) >= 11 is 5.81. The van der Waals surface area contributed by atoms with E-state index in [0.717, 1.165) is 0 Å². The van der Waals surface area contributed by atoms with Crippen LogP contribution in [-0.4, -0.2) is 22.4 Å². The second kappa shape index (κ2) is 6.16. The average molecular weight is 290 g/mol. The van der Waals surface area contributed by atoms with Gasteiger partial charge in [-0.2, -0.15) is 4.98 Å². The molecule has 0 fully saturated rings. The van der Waals surface area contributed by atoms with Crippen molar-refractivity contribution in [3.8, 4) is 11.3 Å². The van der Waals surface area contributed by atoms with Crippen molar-refractivity contribution in [1.82, 2.24) is 15.3 Å². The van der Waals surface area contributed by atoms with Gasteiger partial charge in [-0.05, 0) is 18.2 Å². The lowest BCUT2D eigenvalue weighted by atomic mass is 10.1. The van der Waals surface area contributed by atoms with Crippen molar-refractivity contribution >= 4 is 17.5 Å². The Morgan fingerprint density at radius 2 is 2.10 bits per heavy atom. The lowest BCUT2D eigenvalue weighted by Gasteiger charge is -2.05. The van der Waals surface area contributed by atoms with Crippen molar-refractivity contribution in [2.75, 3.05) is 6.54 Å². The fourth-order valence-electron chi connectivity index (χ4n) is 1.61. The Labute approximate surface area is 120 Å². The number of aromatic amines is 1. The van der Waals surface area contributed by atoms with Gasteiger partial charge in [0.15, 0.2) is 0 Å². The molecule has 0 aliphatic rings. The number of hydrogen-bond donors (Lipinski definition) is 2. The van der Waals surface area contributed by atoms with Crippen LogP contribution in [0.25, 0.3) is 11.3 Å². The summed E-state index contributed by atoms with van der Waals surface area (Å²) in [5.41, 5.74) is 0.686. The lowest BCUT2D eigenvalue weighted by molar-refractivity contribution is 0.0952. The van der Waals surface area contributed by atoms with Crippen LogP contribution >= 0.6 is 11.6 Å².